The first-order valence-electron chi connectivity index (χ1n) is 6.64. The summed E-state index contributed by atoms with van der Waals surface area (Å²) in [5, 5.41) is 9.26. The van der Waals surface area contributed by atoms with Crippen molar-refractivity contribution in [3.63, 3.8) is 0 Å². The molecule has 1 N–H and O–H groups in total. The van der Waals surface area contributed by atoms with Crippen LogP contribution in [0, 0.1) is 11.3 Å². The van der Waals surface area contributed by atoms with Crippen molar-refractivity contribution in [1.29, 1.82) is 0 Å². The molecule has 0 radical (unpaired) electrons. The van der Waals surface area contributed by atoms with E-state index in [4.69, 9.17) is 4.74 Å². The van der Waals surface area contributed by atoms with Crippen molar-refractivity contribution in [3.8, 4) is 0 Å². The summed E-state index contributed by atoms with van der Waals surface area (Å²) >= 11 is 0. The summed E-state index contributed by atoms with van der Waals surface area (Å²) in [5.74, 6) is -0.793. The van der Waals surface area contributed by atoms with Crippen molar-refractivity contribution >= 4 is 12.1 Å². The molecule has 0 spiro atoms. The van der Waals surface area contributed by atoms with Crippen LogP contribution in [0.4, 0.5) is 4.79 Å². The van der Waals surface area contributed by atoms with Gasteiger partial charge in [0.05, 0.1) is 0 Å². The number of rotatable bonds is 1. The number of hydrogen-bond acceptors (Lipinski definition) is 3. The SMILES string of the molecule is CC(C)(C)OC(=O)N1C[C@H](C(C)(C)C)C[C@@H]1C(=O)O. The van der Waals surface area contributed by atoms with E-state index in [1.165, 1.54) is 4.90 Å². The van der Waals surface area contributed by atoms with Gasteiger partial charge in [-0.2, -0.15) is 0 Å². The Hall–Kier alpha value is -1.26. The Morgan fingerprint density at radius 3 is 2.05 bits per heavy atom. The van der Waals surface area contributed by atoms with E-state index >= 15 is 0 Å². The normalized spacial score (nSPS) is 24.4. The first-order valence-corrected chi connectivity index (χ1v) is 6.64. The molecule has 5 nitrogen and oxygen atoms in total. The molecule has 1 saturated heterocycles. The molecule has 2 atom stereocenters. The highest BCUT2D eigenvalue weighted by Gasteiger charge is 2.45. The standard InChI is InChI=1S/C14H25NO4/c1-13(2,3)9-7-10(11(16)17)15(8-9)12(18)19-14(4,5)6/h9-10H,7-8H2,1-6H3,(H,16,17)/t9-,10-/m1/s1. The lowest BCUT2D eigenvalue weighted by molar-refractivity contribution is -0.142. The van der Waals surface area contributed by atoms with Gasteiger partial charge in [-0.05, 0) is 38.5 Å². The van der Waals surface area contributed by atoms with E-state index in [9.17, 15) is 14.7 Å². The maximum absolute atomic E-state index is 12.1. The number of aliphatic carboxylic acids is 1. The summed E-state index contributed by atoms with van der Waals surface area (Å²) in [6.45, 7) is 12.0. The minimum atomic E-state index is -0.961. The Kier molecular flexibility index (Phi) is 4.17. The van der Waals surface area contributed by atoms with E-state index in [0.717, 1.165) is 0 Å². The van der Waals surface area contributed by atoms with Crippen molar-refractivity contribution < 1.29 is 19.4 Å². The molecule has 1 heterocycles. The third-order valence-corrected chi connectivity index (χ3v) is 3.44. The fraction of sp³-hybridized carbons (Fsp3) is 0.857. The van der Waals surface area contributed by atoms with Gasteiger partial charge in [0.2, 0.25) is 0 Å². The van der Waals surface area contributed by atoms with E-state index in [0.29, 0.717) is 13.0 Å². The van der Waals surface area contributed by atoms with E-state index < -0.39 is 23.7 Å². The number of nitrogens with zero attached hydrogens (tertiary/aromatic N) is 1. The highest BCUT2D eigenvalue weighted by atomic mass is 16.6. The molecular formula is C14H25NO4. The van der Waals surface area contributed by atoms with Gasteiger partial charge in [0.1, 0.15) is 11.6 Å². The van der Waals surface area contributed by atoms with Gasteiger partial charge in [-0.3, -0.25) is 4.90 Å². The lowest BCUT2D eigenvalue weighted by Crippen LogP contribution is -2.43. The fourth-order valence-corrected chi connectivity index (χ4v) is 2.22. The van der Waals surface area contributed by atoms with Gasteiger partial charge in [0.25, 0.3) is 0 Å². The van der Waals surface area contributed by atoms with Gasteiger partial charge < -0.3 is 9.84 Å². The number of carbonyl (C=O) groups is 2. The molecule has 5 heteroatoms. The van der Waals surface area contributed by atoms with Gasteiger partial charge in [-0.15, -0.1) is 0 Å². The van der Waals surface area contributed by atoms with Crippen LogP contribution in [0.2, 0.25) is 0 Å². The molecule has 0 saturated carbocycles. The van der Waals surface area contributed by atoms with Crippen molar-refractivity contribution in [2.45, 2.75) is 59.6 Å². The fourth-order valence-electron chi connectivity index (χ4n) is 2.22. The van der Waals surface area contributed by atoms with Crippen molar-refractivity contribution in [2.24, 2.45) is 11.3 Å². The smallest absolute Gasteiger partial charge is 0.411 e. The highest BCUT2D eigenvalue weighted by Crippen LogP contribution is 2.37. The summed E-state index contributed by atoms with van der Waals surface area (Å²) in [4.78, 5) is 24.7. The van der Waals surface area contributed by atoms with E-state index in [2.05, 4.69) is 20.8 Å². The van der Waals surface area contributed by atoms with Gasteiger partial charge >= 0.3 is 12.1 Å². The Balaban J connectivity index is 2.86. The number of ether oxygens (including phenoxy) is 1. The van der Waals surface area contributed by atoms with Crippen molar-refractivity contribution in [3.05, 3.63) is 0 Å². The first-order chi connectivity index (χ1) is 8.42. The molecule has 0 aromatic carbocycles. The Labute approximate surface area is 114 Å². The van der Waals surface area contributed by atoms with E-state index in [1.807, 2.05) is 0 Å². The quantitative estimate of drug-likeness (QED) is 0.796. The van der Waals surface area contributed by atoms with Crippen LogP contribution in [-0.2, 0) is 9.53 Å². The number of carbonyl (C=O) groups excluding carboxylic acids is 1. The highest BCUT2D eigenvalue weighted by molar-refractivity contribution is 5.81. The summed E-state index contributed by atoms with van der Waals surface area (Å²) in [7, 11) is 0. The minimum absolute atomic E-state index is 0.0234. The second-order valence-corrected chi connectivity index (χ2v) is 7.29. The number of amides is 1. The number of carboxylic acid groups (broad SMARTS) is 1. The van der Waals surface area contributed by atoms with Crippen LogP contribution in [0.1, 0.15) is 48.0 Å². The molecule has 1 amide bonds. The summed E-state index contributed by atoms with van der Waals surface area (Å²) in [5.41, 5.74) is -0.635. The molecule has 1 aliphatic heterocycles. The van der Waals surface area contributed by atoms with Crippen LogP contribution in [0.25, 0.3) is 0 Å². The monoisotopic (exact) mass is 271 g/mol. The van der Waals surface area contributed by atoms with Crippen molar-refractivity contribution in [1.82, 2.24) is 4.90 Å². The third kappa shape index (κ3) is 4.11. The predicted molar refractivity (Wildman–Crippen MR) is 71.9 cm³/mol. The topological polar surface area (TPSA) is 66.8 Å². The molecule has 0 bridgehead atoms. The average Bonchev–Trinajstić information content (AvgIpc) is 2.57. The van der Waals surface area contributed by atoms with Gasteiger partial charge in [0.15, 0.2) is 0 Å². The molecule has 1 rings (SSSR count). The number of likely N-dealkylation sites (tertiary alicyclic amines) is 1. The Bertz CT molecular complexity index is 365. The Morgan fingerprint density at radius 2 is 1.68 bits per heavy atom. The predicted octanol–water partition coefficient (Wildman–Crippen LogP) is 2.74. The average molecular weight is 271 g/mol. The summed E-state index contributed by atoms with van der Waals surface area (Å²) in [6.07, 6.45) is -0.0513. The van der Waals surface area contributed by atoms with Gasteiger partial charge in [-0.1, -0.05) is 20.8 Å². The third-order valence-electron chi connectivity index (χ3n) is 3.44. The maximum Gasteiger partial charge on any atom is 0.411 e. The van der Waals surface area contributed by atoms with Crippen LogP contribution in [-0.4, -0.2) is 40.3 Å². The van der Waals surface area contributed by atoms with E-state index in [-0.39, 0.29) is 11.3 Å². The molecule has 0 aromatic heterocycles. The lowest BCUT2D eigenvalue weighted by Gasteiger charge is -2.28. The zero-order chi connectivity index (χ0) is 15.0. The Morgan fingerprint density at radius 1 is 1.16 bits per heavy atom. The van der Waals surface area contributed by atoms with Crippen LogP contribution >= 0.6 is 0 Å². The summed E-state index contributed by atoms with van der Waals surface area (Å²) < 4.78 is 5.29. The van der Waals surface area contributed by atoms with Gasteiger partial charge in [0, 0.05) is 6.54 Å². The molecule has 19 heavy (non-hydrogen) atoms. The molecule has 1 aliphatic rings. The van der Waals surface area contributed by atoms with Crippen LogP contribution in [0.15, 0.2) is 0 Å². The van der Waals surface area contributed by atoms with Crippen LogP contribution in [0.3, 0.4) is 0 Å². The van der Waals surface area contributed by atoms with E-state index in [1.54, 1.807) is 20.8 Å². The molecule has 110 valence electrons. The number of hydrogen-bond donors (Lipinski definition) is 1. The molecule has 1 fully saturated rings. The molecule has 0 unspecified atom stereocenters. The largest absolute Gasteiger partial charge is 0.480 e. The second-order valence-electron chi connectivity index (χ2n) is 7.29. The zero-order valence-corrected chi connectivity index (χ0v) is 12.7. The molecule has 0 aromatic rings. The zero-order valence-electron chi connectivity index (χ0n) is 12.7. The number of carboxylic acids is 1. The molecule has 0 aliphatic carbocycles. The second kappa shape index (κ2) is 5.02. The summed E-state index contributed by atoms with van der Waals surface area (Å²) in [6, 6.07) is -0.779. The lowest BCUT2D eigenvalue weighted by atomic mass is 9.79. The van der Waals surface area contributed by atoms with Crippen LogP contribution < -0.4 is 0 Å². The molecular weight excluding hydrogens is 246 g/mol. The van der Waals surface area contributed by atoms with Crippen molar-refractivity contribution in [2.75, 3.05) is 6.54 Å². The van der Waals surface area contributed by atoms with Gasteiger partial charge in [-0.25, -0.2) is 9.59 Å². The first kappa shape index (κ1) is 15.8. The van der Waals surface area contributed by atoms with Crippen LogP contribution in [0.5, 0.6) is 0 Å². The maximum atomic E-state index is 12.1. The minimum Gasteiger partial charge on any atom is -0.480 e.